The van der Waals surface area contributed by atoms with Crippen LogP contribution in [0.15, 0.2) is 99.7 Å². The third kappa shape index (κ3) is 30.3. The van der Waals surface area contributed by atoms with Crippen molar-refractivity contribution in [3.63, 3.8) is 0 Å². The number of fused-ring (bicyclic) bond motifs is 2. The molecule has 2 aromatic heterocycles. The molecule has 21 nitrogen and oxygen atoms in total. The summed E-state index contributed by atoms with van der Waals surface area (Å²) in [5.41, 5.74) is 6.62. The number of ether oxygens (including phenoxy) is 9. The molecule has 0 aliphatic carbocycles. The van der Waals surface area contributed by atoms with E-state index in [9.17, 15) is 29.4 Å². The van der Waals surface area contributed by atoms with E-state index in [1.165, 1.54) is 36.4 Å². The molecular weight excluding hydrogens is 1260 g/mol. The number of methoxy groups -OCH3 is 2. The standard InChI is InChI=1S/C15H18ClNO4.C13H16ClNO4.C11H10ClNO3.C8H14O3.C6H6ClNO.C4H9BrO.C2H6O/c1-4-20-13-7-11(18)10-5-6-12(14(16)15(10)17-13)21-8-9(2)19-3;1-3-18-11(8-12(17)19-4-2)15-9-6-5-7-10(16)13(9)14;1-2-16-9-5-8(15)6-3-4-7(14)10(12)11(6)13-9;1-4-10-7(3)6-8(9)11-5-2;7-6-4(8)2-1-3-5(6)9;1-4(3-5)6-2;1-2-3/h5-7,9H,4,8H2,1-3H3,(H,17,18);5-7,16H,3-4,8H2,1-2H3;3-5,14H,2H2,1H3,(H,13,15);3-6H2,1-2H3;1-3,9H,8H2;4H,3H2,1-2H3;3H,2H2,1H3. The average Bonchev–Trinajstić information content (AvgIpc) is 2.29. The van der Waals surface area contributed by atoms with Gasteiger partial charge in [0.05, 0.1) is 80.0 Å². The highest BCUT2D eigenvalue weighted by Gasteiger charge is 2.15. The molecule has 2 unspecified atom stereocenters. The van der Waals surface area contributed by atoms with Crippen molar-refractivity contribution in [1.29, 1.82) is 0 Å². The molecule has 2 heterocycles. The van der Waals surface area contributed by atoms with Gasteiger partial charge in [0.15, 0.2) is 28.5 Å². The Kier molecular flexibility index (Phi) is 41.3. The molecule has 0 bridgehead atoms. The van der Waals surface area contributed by atoms with Crippen LogP contribution in [-0.4, -0.2) is 133 Å². The first-order valence-electron chi connectivity index (χ1n) is 26.5. The molecule has 0 saturated carbocycles. The number of carbonyl (C=O) groups is 2. The summed E-state index contributed by atoms with van der Waals surface area (Å²) in [5.74, 6) is 1.06. The number of hydrogen-bond acceptors (Lipinski definition) is 19. The summed E-state index contributed by atoms with van der Waals surface area (Å²) in [6.07, 6.45) is 0.380. The van der Waals surface area contributed by atoms with Crippen molar-refractivity contribution in [3.05, 3.63) is 126 Å². The molecule has 0 spiro atoms. The molecule has 85 heavy (non-hydrogen) atoms. The zero-order valence-corrected chi connectivity index (χ0v) is 54.2. The number of aromatic nitrogens is 2. The molecule has 6 rings (SSSR count). The number of nitrogens with zero attached hydrogens (tertiary/aromatic N) is 1. The van der Waals surface area contributed by atoms with Crippen LogP contribution in [-0.2, 0) is 38.0 Å². The van der Waals surface area contributed by atoms with Gasteiger partial charge in [-0.25, -0.2) is 4.99 Å². The fourth-order valence-corrected chi connectivity index (χ4v) is 6.96. The lowest BCUT2D eigenvalue weighted by atomic mass is 10.2. The number of aromatic amines is 2. The van der Waals surface area contributed by atoms with Gasteiger partial charge in [-0.15, -0.1) is 0 Å². The average molecular weight is 1340 g/mol. The topological polar surface area (TPSA) is 302 Å². The Morgan fingerprint density at radius 3 is 1.52 bits per heavy atom. The van der Waals surface area contributed by atoms with Crippen LogP contribution in [0.3, 0.4) is 0 Å². The number of nitrogens with two attached hydrogens (primary N) is 1. The van der Waals surface area contributed by atoms with Crippen molar-refractivity contribution in [2.45, 2.75) is 87.4 Å². The number of aromatic hydroxyl groups is 3. The second-order valence-electron chi connectivity index (χ2n) is 16.5. The van der Waals surface area contributed by atoms with Gasteiger partial charge in [0.1, 0.15) is 62.5 Å². The maximum Gasteiger partial charge on any atom is 0.315 e. The summed E-state index contributed by atoms with van der Waals surface area (Å²) in [6, 6.07) is 18.5. The maximum atomic E-state index is 12.0. The van der Waals surface area contributed by atoms with Crippen molar-refractivity contribution < 1.29 is 72.6 Å². The second kappa shape index (κ2) is 44.8. The Morgan fingerprint density at radius 1 is 0.612 bits per heavy atom. The summed E-state index contributed by atoms with van der Waals surface area (Å²) >= 11 is 26.9. The smallest absolute Gasteiger partial charge is 0.315 e. The fraction of sp³-hybridized carbons (Fsp3) is 0.407. The molecule has 0 aliphatic heterocycles. The van der Waals surface area contributed by atoms with Gasteiger partial charge >= 0.3 is 11.9 Å². The largest absolute Gasteiger partial charge is 0.506 e. The second-order valence-corrected chi connectivity index (χ2v) is 18.7. The number of aliphatic imine (C=N–C) groups is 1. The van der Waals surface area contributed by atoms with E-state index in [0.29, 0.717) is 114 Å². The zero-order chi connectivity index (χ0) is 64.6. The molecule has 472 valence electrons. The van der Waals surface area contributed by atoms with Crippen LogP contribution >= 0.6 is 62.3 Å². The molecule has 2 atom stereocenters. The number of nitrogens with one attached hydrogen (secondary N) is 2. The summed E-state index contributed by atoms with van der Waals surface area (Å²) < 4.78 is 45.9. The molecule has 0 amide bonds. The lowest BCUT2D eigenvalue weighted by Crippen LogP contribution is -2.16. The highest BCUT2D eigenvalue weighted by Crippen LogP contribution is 2.34. The molecule has 0 aliphatic rings. The molecule has 0 saturated heterocycles. The molecule has 0 fully saturated rings. The molecular formula is C59H79BrCl4N4O17. The van der Waals surface area contributed by atoms with E-state index in [-0.39, 0.29) is 80.6 Å². The highest BCUT2D eigenvalue weighted by atomic mass is 79.9. The number of halogens is 5. The van der Waals surface area contributed by atoms with E-state index in [2.05, 4.69) is 42.2 Å². The van der Waals surface area contributed by atoms with Crippen LogP contribution in [0.25, 0.3) is 21.8 Å². The van der Waals surface area contributed by atoms with E-state index < -0.39 is 5.97 Å². The Morgan fingerprint density at radius 2 is 1.07 bits per heavy atom. The maximum absolute atomic E-state index is 12.0. The number of hydrogen-bond donors (Lipinski definition) is 7. The number of rotatable bonds is 20. The van der Waals surface area contributed by atoms with Crippen molar-refractivity contribution in [3.8, 4) is 34.8 Å². The summed E-state index contributed by atoms with van der Waals surface area (Å²) in [6.45, 7) is 23.0. The predicted octanol–water partition coefficient (Wildman–Crippen LogP) is 12.9. The minimum absolute atomic E-state index is 0.0247. The number of phenolic OH excluding ortho intramolecular Hbond substituents is 3. The fourth-order valence-electron chi connectivity index (χ4n) is 5.92. The number of phenols is 3. The van der Waals surface area contributed by atoms with Gasteiger partial charge in [0.2, 0.25) is 0 Å². The van der Waals surface area contributed by atoms with E-state index in [4.69, 9.17) is 100 Å². The van der Waals surface area contributed by atoms with Crippen molar-refractivity contribution in [2.75, 3.05) is 78.1 Å². The number of aliphatic hydroxyl groups is 1. The van der Waals surface area contributed by atoms with Gasteiger partial charge in [0.25, 0.3) is 0 Å². The number of carbonyl (C=O) groups excluding carboxylic acids is 2. The van der Waals surface area contributed by atoms with Crippen molar-refractivity contribution >= 4 is 113 Å². The lowest BCUT2D eigenvalue weighted by molar-refractivity contribution is -0.143. The SMILES string of the molecule is C=C(CC(=O)OCC)OCC.CCO.CCOC(=O)CC(=Nc1cccc(O)c1Cl)OCC.CCOc1cc(=O)c2ccc(O)c(Cl)c2[nH]1.CCOc1cc(=O)c2ccc(OCC(C)OC)c(Cl)c2[nH]1.COC(C)CBr.Nc1cccc(O)c1Cl. The highest BCUT2D eigenvalue weighted by molar-refractivity contribution is 9.09. The zero-order valence-electron chi connectivity index (χ0n) is 49.6. The predicted molar refractivity (Wildman–Crippen MR) is 341 cm³/mol. The van der Waals surface area contributed by atoms with E-state index >= 15 is 0 Å². The number of pyridine rings is 2. The normalized spacial score (nSPS) is 11.0. The van der Waals surface area contributed by atoms with Crippen LogP contribution in [0.4, 0.5) is 11.4 Å². The molecule has 26 heteroatoms. The van der Waals surface area contributed by atoms with E-state index in [1.807, 2.05) is 34.6 Å². The number of esters is 2. The molecule has 0 radical (unpaired) electrons. The molecule has 4 aromatic carbocycles. The van der Waals surface area contributed by atoms with Gasteiger partial charge < -0.3 is 78.8 Å². The third-order valence-corrected chi connectivity index (χ3v) is 12.5. The number of aliphatic hydroxyl groups excluding tert-OH is 1. The van der Waals surface area contributed by atoms with Gasteiger partial charge in [0, 0.05) is 49.1 Å². The van der Waals surface area contributed by atoms with Gasteiger partial charge in [-0.05, 0) is 111 Å². The monoisotopic (exact) mass is 1330 g/mol. The van der Waals surface area contributed by atoms with Gasteiger partial charge in [-0.1, -0.05) is 81.0 Å². The van der Waals surface area contributed by atoms with Gasteiger partial charge in [-0.3, -0.25) is 19.2 Å². The number of alkyl halides is 1. The Labute approximate surface area is 523 Å². The third-order valence-electron chi connectivity index (χ3n) is 9.99. The van der Waals surface area contributed by atoms with Crippen LogP contribution < -0.4 is 30.8 Å². The van der Waals surface area contributed by atoms with Crippen LogP contribution in [0.1, 0.15) is 75.2 Å². The first-order chi connectivity index (χ1) is 40.4. The van der Waals surface area contributed by atoms with Crippen LogP contribution in [0.5, 0.6) is 34.8 Å². The minimum atomic E-state index is -0.425. The van der Waals surface area contributed by atoms with Gasteiger partial charge in [-0.2, -0.15) is 0 Å². The number of H-pyrrole nitrogens is 2. The number of anilines is 1. The summed E-state index contributed by atoms with van der Waals surface area (Å²) in [5, 5.41) is 38.0. The Bertz CT molecular complexity index is 3070. The number of benzene rings is 4. The first-order valence-corrected chi connectivity index (χ1v) is 29.1. The first kappa shape index (κ1) is 78.4. The minimum Gasteiger partial charge on any atom is -0.506 e. The molecule has 6 aromatic rings. The summed E-state index contributed by atoms with van der Waals surface area (Å²) in [7, 11) is 3.31. The Hall–Kier alpha value is -6.63. The Balaban J connectivity index is 0.00000102. The van der Waals surface area contributed by atoms with Crippen LogP contribution in [0.2, 0.25) is 20.1 Å². The summed E-state index contributed by atoms with van der Waals surface area (Å²) in [4.78, 5) is 55.9. The van der Waals surface area contributed by atoms with E-state index in [1.54, 1.807) is 78.3 Å². The van der Waals surface area contributed by atoms with Crippen molar-refractivity contribution in [2.24, 2.45) is 4.99 Å². The van der Waals surface area contributed by atoms with Crippen molar-refractivity contribution in [1.82, 2.24) is 9.97 Å². The quantitative estimate of drug-likeness (QED) is 0.00933. The van der Waals surface area contributed by atoms with Crippen LogP contribution in [0, 0.1) is 0 Å². The van der Waals surface area contributed by atoms with E-state index in [0.717, 1.165) is 5.33 Å². The number of nitrogen functional groups attached to an aromatic ring is 1. The lowest BCUT2D eigenvalue weighted by Gasteiger charge is -2.14. The molecule has 8 N–H and O–H groups in total.